The predicted octanol–water partition coefficient (Wildman–Crippen LogP) is 2.04. The molecule has 0 amide bonds. The van der Waals surface area contributed by atoms with Crippen LogP contribution in [0.3, 0.4) is 0 Å². The summed E-state index contributed by atoms with van der Waals surface area (Å²) in [4.78, 5) is 11.2. The van der Waals surface area contributed by atoms with E-state index in [4.69, 9.17) is 21.7 Å². The van der Waals surface area contributed by atoms with Gasteiger partial charge in [0.1, 0.15) is 5.82 Å². The van der Waals surface area contributed by atoms with Crippen molar-refractivity contribution >= 4 is 29.1 Å². The molecule has 0 saturated carbocycles. The second kappa shape index (κ2) is 9.58. The smallest absolute Gasteiger partial charge is 0.234 e. The Hall–Kier alpha value is -1.67. The molecule has 0 unspecified atom stereocenters. The standard InChI is InChI=1S/C16H27N5O2S/c1-12-6-4-8-21(11-12)13-10-14(23-3)19-15(18-13)20-16(24)17-7-5-9-22-2/h10,12H,4-9,11H2,1-3H3,(H2,17,18,19,20,24)/t12-/m1/s1. The Morgan fingerprint density at radius 1 is 1.42 bits per heavy atom. The Balaban J connectivity index is 2.01. The number of nitrogens with zero attached hydrogens (tertiary/aromatic N) is 3. The maximum absolute atomic E-state index is 5.31. The minimum absolute atomic E-state index is 0.451. The highest BCUT2D eigenvalue weighted by Gasteiger charge is 2.19. The first-order chi connectivity index (χ1) is 11.6. The van der Waals surface area contributed by atoms with Crippen molar-refractivity contribution in [3.8, 4) is 5.88 Å². The lowest BCUT2D eigenvalue weighted by molar-refractivity contribution is 0.196. The van der Waals surface area contributed by atoms with E-state index in [0.29, 0.717) is 29.5 Å². The van der Waals surface area contributed by atoms with Crippen LogP contribution >= 0.6 is 12.2 Å². The van der Waals surface area contributed by atoms with Crippen molar-refractivity contribution in [2.75, 3.05) is 50.7 Å². The number of methoxy groups -OCH3 is 2. The van der Waals surface area contributed by atoms with Gasteiger partial charge in [-0.25, -0.2) is 0 Å². The quantitative estimate of drug-likeness (QED) is 0.570. The van der Waals surface area contributed by atoms with Gasteiger partial charge in [0.25, 0.3) is 0 Å². The molecule has 1 aliphatic heterocycles. The van der Waals surface area contributed by atoms with Crippen molar-refractivity contribution in [3.05, 3.63) is 6.07 Å². The first-order valence-corrected chi connectivity index (χ1v) is 8.75. The molecule has 0 radical (unpaired) electrons. The minimum Gasteiger partial charge on any atom is -0.481 e. The van der Waals surface area contributed by atoms with Gasteiger partial charge in [-0.05, 0) is 37.4 Å². The molecule has 1 aliphatic rings. The number of aromatic nitrogens is 2. The number of ether oxygens (including phenoxy) is 2. The molecule has 0 aromatic carbocycles. The molecule has 1 atom stereocenters. The molecule has 1 saturated heterocycles. The molecule has 0 aliphatic carbocycles. The predicted molar refractivity (Wildman–Crippen MR) is 99.9 cm³/mol. The Bertz CT molecular complexity index is 543. The summed E-state index contributed by atoms with van der Waals surface area (Å²) in [5.41, 5.74) is 0. The number of hydrogen-bond donors (Lipinski definition) is 2. The molecule has 1 aromatic rings. The molecule has 2 N–H and O–H groups in total. The van der Waals surface area contributed by atoms with Gasteiger partial charge >= 0.3 is 0 Å². The number of thiocarbonyl (C=S) groups is 1. The lowest BCUT2D eigenvalue weighted by Crippen LogP contribution is -2.35. The normalized spacial score (nSPS) is 17.5. The van der Waals surface area contributed by atoms with Crippen molar-refractivity contribution in [3.63, 3.8) is 0 Å². The van der Waals surface area contributed by atoms with Gasteiger partial charge in [0.15, 0.2) is 5.11 Å². The Morgan fingerprint density at radius 3 is 2.96 bits per heavy atom. The zero-order valence-corrected chi connectivity index (χ0v) is 15.5. The largest absolute Gasteiger partial charge is 0.481 e. The number of hydrogen-bond acceptors (Lipinski definition) is 6. The molecule has 1 aromatic heterocycles. The third-order valence-electron chi connectivity index (χ3n) is 3.92. The van der Waals surface area contributed by atoms with Crippen LogP contribution in [0.25, 0.3) is 0 Å². The maximum atomic E-state index is 5.31. The monoisotopic (exact) mass is 353 g/mol. The first kappa shape index (κ1) is 18.7. The van der Waals surface area contributed by atoms with Gasteiger partial charge in [0, 0.05) is 39.4 Å². The molecule has 1 fully saturated rings. The van der Waals surface area contributed by atoms with E-state index in [2.05, 4.69) is 32.4 Å². The second-order valence-electron chi connectivity index (χ2n) is 6.01. The van der Waals surface area contributed by atoms with Crippen LogP contribution in [-0.2, 0) is 4.74 Å². The van der Waals surface area contributed by atoms with Crippen LogP contribution in [0.5, 0.6) is 5.88 Å². The lowest BCUT2D eigenvalue weighted by atomic mass is 10.0. The van der Waals surface area contributed by atoms with E-state index >= 15 is 0 Å². The number of rotatable bonds is 7. The summed E-state index contributed by atoms with van der Waals surface area (Å²) in [6.07, 6.45) is 3.32. The van der Waals surface area contributed by atoms with Gasteiger partial charge in [-0.3, -0.25) is 0 Å². The summed E-state index contributed by atoms with van der Waals surface area (Å²) < 4.78 is 10.3. The van der Waals surface area contributed by atoms with Gasteiger partial charge in [-0.2, -0.15) is 9.97 Å². The summed E-state index contributed by atoms with van der Waals surface area (Å²) in [5.74, 6) is 2.52. The van der Waals surface area contributed by atoms with Crippen LogP contribution < -0.4 is 20.3 Å². The third kappa shape index (κ3) is 5.76. The molecule has 8 heteroatoms. The highest BCUT2D eigenvalue weighted by molar-refractivity contribution is 7.80. The molecule has 0 bridgehead atoms. The number of anilines is 2. The molecular weight excluding hydrogens is 326 g/mol. The summed E-state index contributed by atoms with van der Waals surface area (Å²) in [6.45, 7) is 5.70. The zero-order valence-electron chi connectivity index (χ0n) is 14.7. The molecule has 24 heavy (non-hydrogen) atoms. The topological polar surface area (TPSA) is 71.5 Å². The van der Waals surface area contributed by atoms with Gasteiger partial charge < -0.3 is 25.0 Å². The van der Waals surface area contributed by atoms with Crippen molar-refractivity contribution in [2.24, 2.45) is 5.92 Å². The molecule has 2 rings (SSSR count). The summed E-state index contributed by atoms with van der Waals surface area (Å²) >= 11 is 5.29. The molecule has 7 nitrogen and oxygen atoms in total. The van der Waals surface area contributed by atoms with Crippen molar-refractivity contribution < 1.29 is 9.47 Å². The lowest BCUT2D eigenvalue weighted by Gasteiger charge is -2.32. The van der Waals surface area contributed by atoms with E-state index in [1.54, 1.807) is 14.2 Å². The minimum atomic E-state index is 0.451. The molecule has 2 heterocycles. The van der Waals surface area contributed by atoms with Gasteiger partial charge in [-0.1, -0.05) is 6.92 Å². The van der Waals surface area contributed by atoms with Crippen molar-refractivity contribution in [1.82, 2.24) is 15.3 Å². The van der Waals surface area contributed by atoms with Gasteiger partial charge in [0.2, 0.25) is 11.8 Å². The Morgan fingerprint density at radius 2 is 2.25 bits per heavy atom. The van der Waals surface area contributed by atoms with Gasteiger partial charge in [-0.15, -0.1) is 0 Å². The third-order valence-corrected chi connectivity index (χ3v) is 4.16. The van der Waals surface area contributed by atoms with E-state index in [1.165, 1.54) is 12.8 Å². The fourth-order valence-corrected chi connectivity index (χ4v) is 2.89. The maximum Gasteiger partial charge on any atom is 0.234 e. The summed E-state index contributed by atoms with van der Waals surface area (Å²) in [6, 6.07) is 1.87. The summed E-state index contributed by atoms with van der Waals surface area (Å²) in [7, 11) is 3.29. The molecule has 0 spiro atoms. The van der Waals surface area contributed by atoms with Crippen LogP contribution in [-0.4, -0.2) is 55.5 Å². The fraction of sp³-hybridized carbons (Fsp3) is 0.688. The van der Waals surface area contributed by atoms with Crippen LogP contribution in [0.4, 0.5) is 11.8 Å². The van der Waals surface area contributed by atoms with E-state index in [-0.39, 0.29) is 0 Å². The Labute approximate surface area is 149 Å². The highest BCUT2D eigenvalue weighted by atomic mass is 32.1. The SMILES string of the molecule is COCCCNC(=S)Nc1nc(OC)cc(N2CCC[C@@H](C)C2)n1. The van der Waals surface area contributed by atoms with E-state index < -0.39 is 0 Å². The van der Waals surface area contributed by atoms with Crippen LogP contribution in [0.1, 0.15) is 26.2 Å². The first-order valence-electron chi connectivity index (χ1n) is 8.34. The second-order valence-corrected chi connectivity index (χ2v) is 6.42. The van der Waals surface area contributed by atoms with Crippen molar-refractivity contribution in [1.29, 1.82) is 0 Å². The average Bonchev–Trinajstić information content (AvgIpc) is 2.58. The van der Waals surface area contributed by atoms with E-state index in [9.17, 15) is 0 Å². The fourth-order valence-electron chi connectivity index (χ4n) is 2.70. The van der Waals surface area contributed by atoms with Crippen LogP contribution in [0.15, 0.2) is 6.07 Å². The van der Waals surface area contributed by atoms with Crippen LogP contribution in [0.2, 0.25) is 0 Å². The molecule has 134 valence electrons. The number of piperidine rings is 1. The average molecular weight is 353 g/mol. The number of nitrogens with one attached hydrogen (secondary N) is 2. The highest BCUT2D eigenvalue weighted by Crippen LogP contribution is 2.24. The van der Waals surface area contributed by atoms with E-state index in [0.717, 1.165) is 31.9 Å². The Kier molecular flexibility index (Phi) is 7.45. The van der Waals surface area contributed by atoms with E-state index in [1.807, 2.05) is 6.07 Å². The summed E-state index contributed by atoms with van der Waals surface area (Å²) in [5, 5.41) is 6.65. The van der Waals surface area contributed by atoms with Crippen molar-refractivity contribution in [2.45, 2.75) is 26.2 Å². The molecular formula is C16H27N5O2S. The van der Waals surface area contributed by atoms with Gasteiger partial charge in [0.05, 0.1) is 7.11 Å². The van der Waals surface area contributed by atoms with Crippen LogP contribution in [0, 0.1) is 5.92 Å². The zero-order chi connectivity index (χ0) is 17.4.